The van der Waals surface area contributed by atoms with Gasteiger partial charge in [-0.3, -0.25) is 0 Å². The maximum absolute atomic E-state index is 12.7. The van der Waals surface area contributed by atoms with E-state index in [1.807, 2.05) is 20.8 Å². The van der Waals surface area contributed by atoms with Crippen molar-refractivity contribution >= 4 is 6.09 Å². The first-order valence-corrected chi connectivity index (χ1v) is 7.88. The molecule has 0 aliphatic carbocycles. The lowest BCUT2D eigenvalue weighted by molar-refractivity contribution is -0.0729. The molecule has 5 heteroatoms. The zero-order chi connectivity index (χ0) is 16.2. The van der Waals surface area contributed by atoms with Crippen molar-refractivity contribution in [3.63, 3.8) is 0 Å². The second kappa shape index (κ2) is 7.11. The number of carbonyl (C=O) groups excluding carboxylic acids is 1. The van der Waals surface area contributed by atoms with E-state index in [-0.39, 0.29) is 18.2 Å². The Morgan fingerprint density at radius 3 is 2.55 bits per heavy atom. The molecular weight excluding hydrogens is 280 g/mol. The summed E-state index contributed by atoms with van der Waals surface area (Å²) in [5, 5.41) is 13.0. The standard InChI is InChI=1S/C17H26N2O3/c1-17(2,3)19(18-10-5-4-6-11-18)16(21)22-15-9-7-8-14(12-15)13-20/h7-9,12,20H,4-6,10-11,13H2,1-3H3. The third-order valence-corrected chi connectivity index (χ3v) is 3.71. The molecule has 0 radical (unpaired) electrons. The summed E-state index contributed by atoms with van der Waals surface area (Å²) in [7, 11) is 0. The van der Waals surface area contributed by atoms with Gasteiger partial charge in [0.2, 0.25) is 0 Å². The van der Waals surface area contributed by atoms with E-state index in [4.69, 9.17) is 4.74 Å². The predicted molar refractivity (Wildman–Crippen MR) is 85.4 cm³/mol. The van der Waals surface area contributed by atoms with Crippen LogP contribution >= 0.6 is 0 Å². The molecule has 122 valence electrons. The van der Waals surface area contributed by atoms with Crippen LogP contribution in [0, 0.1) is 0 Å². The highest BCUT2D eigenvalue weighted by atomic mass is 16.6. The average Bonchev–Trinajstić information content (AvgIpc) is 2.47. The Balaban J connectivity index is 2.14. The fourth-order valence-corrected chi connectivity index (χ4v) is 2.74. The van der Waals surface area contributed by atoms with Crippen LogP contribution in [0.25, 0.3) is 0 Å². The smallest absolute Gasteiger partial charge is 0.409 e. The zero-order valence-corrected chi connectivity index (χ0v) is 13.7. The Morgan fingerprint density at radius 2 is 1.95 bits per heavy atom. The molecule has 22 heavy (non-hydrogen) atoms. The number of hydrogen-bond acceptors (Lipinski definition) is 4. The minimum atomic E-state index is -0.371. The summed E-state index contributed by atoms with van der Waals surface area (Å²) >= 11 is 0. The van der Waals surface area contributed by atoms with Crippen LogP contribution in [0.1, 0.15) is 45.6 Å². The van der Waals surface area contributed by atoms with Crippen molar-refractivity contribution in [3.8, 4) is 5.75 Å². The highest BCUT2D eigenvalue weighted by Crippen LogP contribution is 2.23. The summed E-state index contributed by atoms with van der Waals surface area (Å²) in [5.41, 5.74) is 0.383. The summed E-state index contributed by atoms with van der Waals surface area (Å²) in [5.74, 6) is 0.461. The van der Waals surface area contributed by atoms with E-state index in [0.29, 0.717) is 5.75 Å². The van der Waals surface area contributed by atoms with Crippen LogP contribution in [0.4, 0.5) is 4.79 Å². The van der Waals surface area contributed by atoms with Gasteiger partial charge in [-0.1, -0.05) is 18.6 Å². The first kappa shape index (κ1) is 16.8. The topological polar surface area (TPSA) is 53.0 Å². The molecule has 0 aromatic heterocycles. The number of ether oxygens (including phenoxy) is 1. The van der Waals surface area contributed by atoms with Gasteiger partial charge >= 0.3 is 6.09 Å². The molecule has 5 nitrogen and oxygen atoms in total. The molecule has 0 bridgehead atoms. The molecule has 2 rings (SSSR count). The maximum Gasteiger partial charge on any atom is 0.430 e. The van der Waals surface area contributed by atoms with Gasteiger partial charge in [-0.25, -0.2) is 14.8 Å². The lowest BCUT2D eigenvalue weighted by Crippen LogP contribution is -2.58. The maximum atomic E-state index is 12.7. The van der Waals surface area contributed by atoms with Crippen LogP contribution in [-0.2, 0) is 6.61 Å². The van der Waals surface area contributed by atoms with Crippen molar-refractivity contribution in [2.45, 2.75) is 52.2 Å². The van der Waals surface area contributed by atoms with Gasteiger partial charge in [-0.2, -0.15) is 0 Å². The van der Waals surface area contributed by atoms with Gasteiger partial charge in [0, 0.05) is 13.1 Å². The van der Waals surface area contributed by atoms with E-state index in [1.165, 1.54) is 6.42 Å². The van der Waals surface area contributed by atoms with Crippen molar-refractivity contribution < 1.29 is 14.6 Å². The number of aliphatic hydroxyl groups is 1. The van der Waals surface area contributed by atoms with Gasteiger partial charge in [0.15, 0.2) is 0 Å². The molecule has 1 N–H and O–H groups in total. The number of rotatable bonds is 3. The zero-order valence-electron chi connectivity index (χ0n) is 13.7. The molecule has 0 spiro atoms. The summed E-state index contributed by atoms with van der Waals surface area (Å²) < 4.78 is 5.53. The summed E-state index contributed by atoms with van der Waals surface area (Å²) in [6.45, 7) is 7.71. The van der Waals surface area contributed by atoms with Crippen LogP contribution in [0.3, 0.4) is 0 Å². The lowest BCUT2D eigenvalue weighted by atomic mass is 10.1. The van der Waals surface area contributed by atoms with Gasteiger partial charge in [-0.05, 0) is 51.3 Å². The number of amides is 1. The van der Waals surface area contributed by atoms with Gasteiger partial charge in [-0.15, -0.1) is 0 Å². The quantitative estimate of drug-likeness (QED) is 0.932. The minimum absolute atomic E-state index is 0.0689. The van der Waals surface area contributed by atoms with Crippen molar-refractivity contribution in [2.75, 3.05) is 13.1 Å². The molecule has 1 aromatic rings. The van der Waals surface area contributed by atoms with Gasteiger partial charge < -0.3 is 9.84 Å². The molecule has 0 saturated carbocycles. The largest absolute Gasteiger partial charge is 0.430 e. The van der Waals surface area contributed by atoms with Crippen molar-refractivity contribution in [1.82, 2.24) is 10.0 Å². The van der Waals surface area contributed by atoms with Gasteiger partial charge in [0.1, 0.15) is 5.75 Å². The Hall–Kier alpha value is -1.59. The summed E-state index contributed by atoms with van der Waals surface area (Å²) in [6.07, 6.45) is 3.03. The second-order valence-electron chi connectivity index (χ2n) is 6.67. The molecule has 1 aliphatic rings. The molecule has 1 fully saturated rings. The molecule has 1 aliphatic heterocycles. The second-order valence-corrected chi connectivity index (χ2v) is 6.67. The molecule has 0 atom stereocenters. The number of hydrazine groups is 1. The van der Waals surface area contributed by atoms with Crippen LogP contribution in [0.5, 0.6) is 5.75 Å². The fraction of sp³-hybridized carbons (Fsp3) is 0.588. The van der Waals surface area contributed by atoms with Crippen LogP contribution in [0.2, 0.25) is 0 Å². The molecule has 1 saturated heterocycles. The molecule has 1 aromatic carbocycles. The number of nitrogens with zero attached hydrogens (tertiary/aromatic N) is 2. The number of piperidine rings is 1. The Morgan fingerprint density at radius 1 is 1.27 bits per heavy atom. The third-order valence-electron chi connectivity index (χ3n) is 3.71. The van der Waals surface area contributed by atoms with E-state index < -0.39 is 0 Å². The molecule has 1 amide bonds. The normalized spacial score (nSPS) is 16.4. The fourth-order valence-electron chi connectivity index (χ4n) is 2.74. The van der Waals surface area contributed by atoms with E-state index >= 15 is 0 Å². The van der Waals surface area contributed by atoms with E-state index in [9.17, 15) is 9.90 Å². The van der Waals surface area contributed by atoms with Gasteiger partial charge in [0.25, 0.3) is 0 Å². The van der Waals surface area contributed by atoms with E-state index in [2.05, 4.69) is 5.01 Å². The molecular formula is C17H26N2O3. The van der Waals surface area contributed by atoms with Crippen molar-refractivity contribution in [2.24, 2.45) is 0 Å². The van der Waals surface area contributed by atoms with Crippen LogP contribution in [-0.4, -0.2) is 39.8 Å². The Labute approximate surface area is 132 Å². The van der Waals surface area contributed by atoms with Crippen molar-refractivity contribution in [1.29, 1.82) is 0 Å². The molecule has 1 heterocycles. The van der Waals surface area contributed by atoms with Crippen LogP contribution in [0.15, 0.2) is 24.3 Å². The van der Waals surface area contributed by atoms with Crippen molar-refractivity contribution in [3.05, 3.63) is 29.8 Å². The van der Waals surface area contributed by atoms with E-state index in [1.54, 1.807) is 29.3 Å². The van der Waals surface area contributed by atoms with Gasteiger partial charge in [0.05, 0.1) is 12.1 Å². The number of aliphatic hydroxyl groups excluding tert-OH is 1. The molecule has 0 unspecified atom stereocenters. The Kier molecular flexibility index (Phi) is 5.42. The first-order chi connectivity index (χ1) is 10.4. The highest BCUT2D eigenvalue weighted by Gasteiger charge is 2.34. The SMILES string of the molecule is CC(C)(C)N(C(=O)Oc1cccc(CO)c1)N1CCCCC1. The van der Waals surface area contributed by atoms with E-state index in [0.717, 1.165) is 31.5 Å². The lowest BCUT2D eigenvalue weighted by Gasteiger charge is -2.44. The first-order valence-electron chi connectivity index (χ1n) is 7.88. The monoisotopic (exact) mass is 306 g/mol. The number of benzene rings is 1. The summed E-state index contributed by atoms with van der Waals surface area (Å²) in [4.78, 5) is 12.7. The average molecular weight is 306 g/mol. The third kappa shape index (κ3) is 4.21. The number of hydrogen-bond donors (Lipinski definition) is 1. The predicted octanol–water partition coefficient (Wildman–Crippen LogP) is 3.18. The Bertz CT molecular complexity index is 505. The number of carbonyl (C=O) groups is 1. The summed E-state index contributed by atoms with van der Waals surface area (Å²) in [6, 6.07) is 6.99. The minimum Gasteiger partial charge on any atom is -0.409 e. The van der Waals surface area contributed by atoms with Crippen LogP contribution < -0.4 is 4.74 Å². The highest BCUT2D eigenvalue weighted by molar-refractivity contribution is 5.71.